The molecule has 98 valence electrons. The van der Waals surface area contributed by atoms with Crippen LogP contribution in [0.3, 0.4) is 0 Å². The number of halogens is 2. The summed E-state index contributed by atoms with van der Waals surface area (Å²) in [6.45, 7) is 0.178. The van der Waals surface area contributed by atoms with Crippen LogP contribution < -0.4 is 4.72 Å². The largest absolute Gasteiger partial charge is 0.260 e. The Bertz CT molecular complexity index is 647. The highest BCUT2D eigenvalue weighted by Crippen LogP contribution is 2.22. The van der Waals surface area contributed by atoms with Gasteiger partial charge >= 0.3 is 0 Å². The molecule has 0 aliphatic rings. The van der Waals surface area contributed by atoms with Crippen molar-refractivity contribution >= 4 is 48.9 Å². The van der Waals surface area contributed by atoms with Crippen LogP contribution in [-0.2, 0) is 23.6 Å². The number of hydrogen-bond donors (Lipinski definition) is 1. The van der Waals surface area contributed by atoms with Gasteiger partial charge in [0.2, 0.25) is 5.03 Å². The van der Waals surface area contributed by atoms with E-state index in [-0.39, 0.29) is 16.2 Å². The monoisotopic (exact) mass is 370 g/mol. The third-order valence-electron chi connectivity index (χ3n) is 2.06. The van der Waals surface area contributed by atoms with Crippen LogP contribution in [0.2, 0.25) is 4.34 Å². The van der Waals surface area contributed by atoms with E-state index in [1.165, 1.54) is 23.1 Å². The molecule has 18 heavy (non-hydrogen) atoms. The Morgan fingerprint density at radius 2 is 2.28 bits per heavy atom. The molecule has 2 heterocycles. The molecule has 0 unspecified atom stereocenters. The topological polar surface area (TPSA) is 76.9 Å². The Kier molecular flexibility index (Phi) is 4.07. The predicted molar refractivity (Wildman–Crippen MR) is 72.1 cm³/mol. The van der Waals surface area contributed by atoms with E-state index in [1.807, 2.05) is 0 Å². The second kappa shape index (κ2) is 5.25. The standard InChI is InChI=1S/C8H8BrClN4O2S2/c1-14-8(7(9)12-13-14)18(15,16)11-4-5-2-3-6(10)17-5/h2-3,11H,4H2,1H3. The van der Waals surface area contributed by atoms with Gasteiger partial charge in [-0.1, -0.05) is 16.8 Å². The van der Waals surface area contributed by atoms with Gasteiger partial charge in [0.15, 0.2) is 4.60 Å². The first-order chi connectivity index (χ1) is 8.40. The SMILES string of the molecule is Cn1nnc(Br)c1S(=O)(=O)NCc1ccc(Cl)s1. The Morgan fingerprint density at radius 3 is 2.78 bits per heavy atom. The van der Waals surface area contributed by atoms with Crippen molar-refractivity contribution in [3.05, 3.63) is 25.9 Å². The molecular formula is C8H8BrClN4O2S2. The molecule has 0 aromatic carbocycles. The summed E-state index contributed by atoms with van der Waals surface area (Å²) in [5.74, 6) is 0. The molecule has 6 nitrogen and oxygen atoms in total. The fourth-order valence-electron chi connectivity index (χ4n) is 1.29. The summed E-state index contributed by atoms with van der Waals surface area (Å²) in [6, 6.07) is 3.49. The lowest BCUT2D eigenvalue weighted by Crippen LogP contribution is -2.25. The second-order valence-electron chi connectivity index (χ2n) is 3.34. The van der Waals surface area contributed by atoms with Crippen molar-refractivity contribution in [3.8, 4) is 0 Å². The Hall–Kier alpha value is -0.480. The van der Waals surface area contributed by atoms with Crippen LogP contribution >= 0.6 is 38.9 Å². The molecule has 2 aromatic rings. The van der Waals surface area contributed by atoms with Crippen molar-refractivity contribution in [1.29, 1.82) is 0 Å². The average molecular weight is 372 g/mol. The van der Waals surface area contributed by atoms with E-state index < -0.39 is 10.0 Å². The van der Waals surface area contributed by atoms with Crippen molar-refractivity contribution in [2.24, 2.45) is 7.05 Å². The van der Waals surface area contributed by atoms with E-state index in [0.29, 0.717) is 4.34 Å². The molecule has 0 saturated carbocycles. The van der Waals surface area contributed by atoms with Crippen molar-refractivity contribution in [2.75, 3.05) is 0 Å². The molecule has 0 aliphatic carbocycles. The third-order valence-corrected chi connectivity index (χ3v) is 5.58. The van der Waals surface area contributed by atoms with Crippen molar-refractivity contribution in [1.82, 2.24) is 19.7 Å². The van der Waals surface area contributed by atoms with Crippen LogP contribution in [0.5, 0.6) is 0 Å². The van der Waals surface area contributed by atoms with Crippen LogP contribution in [-0.4, -0.2) is 23.4 Å². The minimum atomic E-state index is -3.66. The Balaban J connectivity index is 2.18. The number of rotatable bonds is 4. The number of aromatic nitrogens is 3. The number of nitrogens with zero attached hydrogens (tertiary/aromatic N) is 3. The third kappa shape index (κ3) is 2.91. The lowest BCUT2D eigenvalue weighted by atomic mass is 10.5. The quantitative estimate of drug-likeness (QED) is 0.888. The van der Waals surface area contributed by atoms with E-state index >= 15 is 0 Å². The zero-order valence-electron chi connectivity index (χ0n) is 9.09. The van der Waals surface area contributed by atoms with Crippen LogP contribution in [0, 0.1) is 0 Å². The summed E-state index contributed by atoms with van der Waals surface area (Å²) in [7, 11) is -2.15. The van der Waals surface area contributed by atoms with Gasteiger partial charge in [0, 0.05) is 18.5 Å². The number of sulfonamides is 1. The maximum Gasteiger partial charge on any atom is 0.260 e. The van der Waals surface area contributed by atoms with Gasteiger partial charge < -0.3 is 0 Å². The summed E-state index contributed by atoms with van der Waals surface area (Å²) in [5, 5.41) is 7.25. The lowest BCUT2D eigenvalue weighted by Gasteiger charge is -2.05. The first-order valence-corrected chi connectivity index (χ1v) is 8.16. The summed E-state index contributed by atoms with van der Waals surface area (Å²) in [6.07, 6.45) is 0. The molecule has 2 rings (SSSR count). The summed E-state index contributed by atoms with van der Waals surface area (Å²) >= 11 is 10.1. The molecule has 0 spiro atoms. The normalized spacial score (nSPS) is 11.9. The van der Waals surface area contributed by atoms with E-state index in [0.717, 1.165) is 4.88 Å². The molecule has 0 bridgehead atoms. The number of hydrogen-bond acceptors (Lipinski definition) is 5. The zero-order chi connectivity index (χ0) is 13.3. The first kappa shape index (κ1) is 13.9. The summed E-state index contributed by atoms with van der Waals surface area (Å²) in [4.78, 5) is 0.829. The summed E-state index contributed by atoms with van der Waals surface area (Å²) < 4.78 is 28.5. The minimum absolute atomic E-state index is 0.00912. The fraction of sp³-hybridized carbons (Fsp3) is 0.250. The molecule has 0 radical (unpaired) electrons. The summed E-state index contributed by atoms with van der Waals surface area (Å²) in [5.41, 5.74) is 0. The van der Waals surface area contributed by atoms with E-state index in [4.69, 9.17) is 11.6 Å². The highest BCUT2D eigenvalue weighted by atomic mass is 79.9. The zero-order valence-corrected chi connectivity index (χ0v) is 13.1. The van der Waals surface area contributed by atoms with Crippen molar-refractivity contribution < 1.29 is 8.42 Å². The molecule has 2 aromatic heterocycles. The Labute approximate surface area is 121 Å². The molecule has 0 atom stereocenters. The number of aryl methyl sites for hydroxylation is 1. The maximum atomic E-state index is 12.0. The average Bonchev–Trinajstić information content (AvgIpc) is 2.83. The van der Waals surface area contributed by atoms with Gasteiger partial charge in [-0.2, -0.15) is 0 Å². The molecule has 1 N–H and O–H groups in total. The van der Waals surface area contributed by atoms with Gasteiger partial charge in [-0.05, 0) is 28.1 Å². The molecule has 0 aliphatic heterocycles. The van der Waals surface area contributed by atoms with Gasteiger partial charge in [0.25, 0.3) is 10.0 Å². The molecular weight excluding hydrogens is 364 g/mol. The predicted octanol–water partition coefficient (Wildman–Crippen LogP) is 1.77. The minimum Gasteiger partial charge on any atom is -0.235 e. The van der Waals surface area contributed by atoms with Crippen LogP contribution in [0.15, 0.2) is 21.8 Å². The second-order valence-corrected chi connectivity index (χ2v) is 7.57. The van der Waals surface area contributed by atoms with Gasteiger partial charge in [0.1, 0.15) is 0 Å². The molecule has 0 amide bonds. The highest BCUT2D eigenvalue weighted by Gasteiger charge is 2.23. The number of thiophene rings is 1. The van der Waals surface area contributed by atoms with Gasteiger partial charge in [-0.15, -0.1) is 16.4 Å². The smallest absolute Gasteiger partial charge is 0.235 e. The van der Waals surface area contributed by atoms with Crippen LogP contribution in [0.4, 0.5) is 0 Å². The lowest BCUT2D eigenvalue weighted by molar-refractivity contribution is 0.560. The van der Waals surface area contributed by atoms with Gasteiger partial charge in [-0.3, -0.25) is 0 Å². The number of nitrogens with one attached hydrogen (secondary N) is 1. The molecule has 10 heteroatoms. The van der Waals surface area contributed by atoms with E-state index in [1.54, 1.807) is 12.1 Å². The van der Waals surface area contributed by atoms with Crippen molar-refractivity contribution in [3.63, 3.8) is 0 Å². The highest BCUT2D eigenvalue weighted by molar-refractivity contribution is 9.10. The maximum absolute atomic E-state index is 12.0. The van der Waals surface area contributed by atoms with Crippen LogP contribution in [0.1, 0.15) is 4.88 Å². The van der Waals surface area contributed by atoms with E-state index in [2.05, 4.69) is 31.0 Å². The first-order valence-electron chi connectivity index (χ1n) is 4.69. The van der Waals surface area contributed by atoms with Crippen molar-refractivity contribution in [2.45, 2.75) is 11.6 Å². The molecule has 0 fully saturated rings. The van der Waals surface area contributed by atoms with Gasteiger partial charge in [-0.25, -0.2) is 17.8 Å². The van der Waals surface area contributed by atoms with E-state index in [9.17, 15) is 8.42 Å². The van der Waals surface area contributed by atoms with Crippen LogP contribution in [0.25, 0.3) is 0 Å². The fourth-order valence-corrected chi connectivity index (χ4v) is 4.50. The Morgan fingerprint density at radius 1 is 1.56 bits per heavy atom. The van der Waals surface area contributed by atoms with Gasteiger partial charge in [0.05, 0.1) is 4.34 Å². The molecule has 0 saturated heterocycles.